The minimum absolute atomic E-state index is 0.195. The van der Waals surface area contributed by atoms with Crippen molar-refractivity contribution in [1.29, 1.82) is 0 Å². The van der Waals surface area contributed by atoms with Gasteiger partial charge in [-0.3, -0.25) is 18.8 Å². The molecule has 0 saturated heterocycles. The Hall–Kier alpha value is -3.52. The highest BCUT2D eigenvalue weighted by Gasteiger charge is 2.18. The Labute approximate surface area is 203 Å². The molecule has 0 aliphatic rings. The zero-order chi connectivity index (χ0) is 24.2. The molecular weight excluding hydrogens is 446 g/mol. The van der Waals surface area contributed by atoms with Gasteiger partial charge in [-0.1, -0.05) is 62.0 Å². The Kier molecular flexibility index (Phi) is 7.07. The molecule has 0 radical (unpaired) electrons. The van der Waals surface area contributed by atoms with Crippen molar-refractivity contribution in [1.82, 2.24) is 18.9 Å². The third-order valence-corrected chi connectivity index (χ3v) is 6.77. The Morgan fingerprint density at radius 1 is 1.09 bits per heavy atom. The molecule has 4 aromatic rings. The number of imidazole rings is 1. The van der Waals surface area contributed by atoms with E-state index in [1.807, 2.05) is 62.6 Å². The van der Waals surface area contributed by atoms with Crippen LogP contribution in [-0.2, 0) is 11.8 Å². The van der Waals surface area contributed by atoms with E-state index in [2.05, 4.69) is 40.8 Å². The number of carbonyl (C=O) groups is 1. The van der Waals surface area contributed by atoms with Crippen LogP contribution in [0.1, 0.15) is 37.4 Å². The molecule has 34 heavy (non-hydrogen) atoms. The van der Waals surface area contributed by atoms with Gasteiger partial charge in [0.1, 0.15) is 5.69 Å². The lowest BCUT2D eigenvalue weighted by Crippen LogP contribution is -2.23. The van der Waals surface area contributed by atoms with Gasteiger partial charge >= 0.3 is 0 Å². The topological polar surface area (TPSA) is 73.8 Å². The molecule has 1 N–H and O–H groups in total. The van der Waals surface area contributed by atoms with Crippen molar-refractivity contribution in [2.24, 2.45) is 7.05 Å². The second-order valence-electron chi connectivity index (χ2n) is 8.38. The van der Waals surface area contributed by atoms with E-state index in [4.69, 9.17) is 0 Å². The molecule has 0 saturated carbocycles. The number of benzene rings is 2. The molecule has 0 bridgehead atoms. The third-order valence-electron chi connectivity index (χ3n) is 5.80. The average Bonchev–Trinajstić information content (AvgIpc) is 3.38. The zero-order valence-corrected chi connectivity index (χ0v) is 20.7. The highest BCUT2D eigenvalue weighted by Crippen LogP contribution is 2.27. The van der Waals surface area contributed by atoms with Crippen LogP contribution in [0.3, 0.4) is 0 Å². The maximum Gasteiger partial charge on any atom is 0.295 e. The molecule has 0 atom stereocenters. The first-order valence-corrected chi connectivity index (χ1v) is 12.3. The first-order valence-electron chi connectivity index (χ1n) is 11.3. The Morgan fingerprint density at radius 3 is 2.53 bits per heavy atom. The molecule has 2 aromatic heterocycles. The lowest BCUT2D eigenvalue weighted by atomic mass is 10.0. The number of nitrogens with zero attached hydrogens (tertiary/aromatic N) is 4. The second-order valence-corrected chi connectivity index (χ2v) is 9.44. The predicted molar refractivity (Wildman–Crippen MR) is 137 cm³/mol. The number of nitrogens with one attached hydrogen (secondary N) is 1. The zero-order valence-electron chi connectivity index (χ0n) is 19.9. The number of aromatic nitrogens is 4. The number of hydrogen-bond acceptors (Lipinski definition) is 4. The van der Waals surface area contributed by atoms with Crippen molar-refractivity contribution in [3.63, 3.8) is 0 Å². The number of thioether (sulfide) groups is 1. The maximum atomic E-state index is 13.0. The van der Waals surface area contributed by atoms with Crippen LogP contribution in [0.4, 0.5) is 5.69 Å². The average molecular weight is 476 g/mol. The largest absolute Gasteiger partial charge is 0.320 e. The molecule has 0 aliphatic heterocycles. The Morgan fingerprint density at radius 2 is 1.79 bits per heavy atom. The van der Waals surface area contributed by atoms with E-state index in [9.17, 15) is 9.59 Å². The van der Waals surface area contributed by atoms with E-state index in [1.54, 1.807) is 15.6 Å². The SMILES string of the molecule is Cc1c(NC(=O)CCSc2nccn2-c2ccccc2C(C)C)c(=O)n(-c2ccccc2)n1C. The van der Waals surface area contributed by atoms with Gasteiger partial charge in [0.2, 0.25) is 5.91 Å². The second kappa shape index (κ2) is 10.2. The number of anilines is 1. The Bertz CT molecular complexity index is 1350. The normalized spacial score (nSPS) is 11.2. The molecule has 176 valence electrons. The summed E-state index contributed by atoms with van der Waals surface area (Å²) in [6, 6.07) is 17.7. The van der Waals surface area contributed by atoms with E-state index in [1.165, 1.54) is 17.3 Å². The highest BCUT2D eigenvalue weighted by atomic mass is 32.2. The minimum atomic E-state index is -0.243. The highest BCUT2D eigenvalue weighted by molar-refractivity contribution is 7.99. The molecule has 0 unspecified atom stereocenters. The van der Waals surface area contributed by atoms with Gasteiger partial charge in [0.15, 0.2) is 5.16 Å². The summed E-state index contributed by atoms with van der Waals surface area (Å²) >= 11 is 1.52. The van der Waals surface area contributed by atoms with Crippen molar-refractivity contribution in [3.05, 3.63) is 88.6 Å². The summed E-state index contributed by atoms with van der Waals surface area (Å²) in [4.78, 5) is 30.2. The van der Waals surface area contributed by atoms with Crippen LogP contribution in [0.5, 0.6) is 0 Å². The fourth-order valence-corrected chi connectivity index (χ4v) is 4.83. The molecule has 0 aliphatic carbocycles. The van der Waals surface area contributed by atoms with Gasteiger partial charge in [-0.25, -0.2) is 9.67 Å². The lowest BCUT2D eigenvalue weighted by Gasteiger charge is -2.15. The fraction of sp³-hybridized carbons (Fsp3) is 0.269. The summed E-state index contributed by atoms with van der Waals surface area (Å²) in [5, 5.41) is 3.66. The molecule has 7 nitrogen and oxygen atoms in total. The number of carbonyl (C=O) groups excluding carboxylic acids is 1. The van der Waals surface area contributed by atoms with Crippen molar-refractivity contribution >= 4 is 23.4 Å². The Balaban J connectivity index is 1.44. The van der Waals surface area contributed by atoms with Gasteiger partial charge in [-0.05, 0) is 36.6 Å². The minimum Gasteiger partial charge on any atom is -0.320 e. The van der Waals surface area contributed by atoms with Gasteiger partial charge < -0.3 is 5.32 Å². The summed E-state index contributed by atoms with van der Waals surface area (Å²) < 4.78 is 5.38. The van der Waals surface area contributed by atoms with Crippen LogP contribution in [-0.4, -0.2) is 30.6 Å². The first-order chi connectivity index (χ1) is 16.4. The number of hydrogen-bond donors (Lipinski definition) is 1. The van der Waals surface area contributed by atoms with Gasteiger partial charge in [-0.2, -0.15) is 0 Å². The van der Waals surface area contributed by atoms with Gasteiger partial charge in [-0.15, -0.1) is 0 Å². The summed E-state index contributed by atoms with van der Waals surface area (Å²) in [5.41, 5.74) is 3.87. The molecule has 4 rings (SSSR count). The molecule has 8 heteroatoms. The molecule has 1 amide bonds. The van der Waals surface area contributed by atoms with Crippen LogP contribution in [0.2, 0.25) is 0 Å². The maximum absolute atomic E-state index is 13.0. The van der Waals surface area contributed by atoms with E-state index >= 15 is 0 Å². The van der Waals surface area contributed by atoms with Gasteiger partial charge in [0.05, 0.1) is 17.1 Å². The molecule has 0 spiro atoms. The number of rotatable bonds is 8. The number of amides is 1. The molecular formula is C26H29N5O2S. The summed E-state index contributed by atoms with van der Waals surface area (Å²) in [6.07, 6.45) is 3.99. The smallest absolute Gasteiger partial charge is 0.295 e. The standard InChI is InChI=1S/C26H29N5O2S/c1-18(2)21-12-8-9-13-22(21)30-16-15-27-26(30)34-17-14-23(32)28-24-19(3)29(4)31(25(24)33)20-10-6-5-7-11-20/h5-13,15-16,18H,14,17H2,1-4H3,(H,28,32). The van der Waals surface area contributed by atoms with Gasteiger partial charge in [0.25, 0.3) is 5.56 Å². The van der Waals surface area contributed by atoms with Crippen molar-refractivity contribution in [2.45, 2.75) is 38.3 Å². The van der Waals surface area contributed by atoms with Gasteiger partial charge in [0, 0.05) is 31.6 Å². The quantitative estimate of drug-likeness (QED) is 0.367. The van der Waals surface area contributed by atoms with Crippen molar-refractivity contribution in [3.8, 4) is 11.4 Å². The van der Waals surface area contributed by atoms with E-state index < -0.39 is 0 Å². The van der Waals surface area contributed by atoms with Crippen molar-refractivity contribution < 1.29 is 4.79 Å². The summed E-state index contributed by atoms with van der Waals surface area (Å²) in [5.74, 6) is 0.737. The molecule has 2 aromatic carbocycles. The van der Waals surface area contributed by atoms with Crippen LogP contribution in [0.15, 0.2) is 76.9 Å². The van der Waals surface area contributed by atoms with Crippen molar-refractivity contribution in [2.75, 3.05) is 11.1 Å². The van der Waals surface area contributed by atoms with Crippen LogP contribution in [0.25, 0.3) is 11.4 Å². The van der Waals surface area contributed by atoms with Crippen LogP contribution < -0.4 is 10.9 Å². The first kappa shape index (κ1) is 23.6. The van der Waals surface area contributed by atoms with E-state index in [0.717, 1.165) is 16.5 Å². The lowest BCUT2D eigenvalue weighted by molar-refractivity contribution is -0.115. The van der Waals surface area contributed by atoms with Crippen LogP contribution >= 0.6 is 11.8 Å². The summed E-state index contributed by atoms with van der Waals surface area (Å²) in [7, 11) is 1.81. The number of para-hydroxylation sites is 2. The monoisotopic (exact) mass is 475 g/mol. The predicted octanol–water partition coefficient (Wildman–Crippen LogP) is 4.91. The third kappa shape index (κ3) is 4.72. The molecule has 2 heterocycles. The fourth-order valence-electron chi connectivity index (χ4n) is 3.92. The molecule has 0 fully saturated rings. The van der Waals surface area contributed by atoms with Crippen LogP contribution in [0, 0.1) is 6.92 Å². The van der Waals surface area contributed by atoms with E-state index in [-0.39, 0.29) is 17.9 Å². The summed E-state index contributed by atoms with van der Waals surface area (Å²) in [6.45, 7) is 6.17. The van der Waals surface area contributed by atoms with E-state index in [0.29, 0.717) is 23.1 Å².